The van der Waals surface area contributed by atoms with Gasteiger partial charge in [0.25, 0.3) is 0 Å². The van der Waals surface area contributed by atoms with Gasteiger partial charge in [-0.1, -0.05) is 13.8 Å². The van der Waals surface area contributed by atoms with Gasteiger partial charge in [0.05, 0.1) is 23.9 Å². The molecule has 27 heavy (non-hydrogen) atoms. The van der Waals surface area contributed by atoms with Crippen LogP contribution in [0, 0.1) is 40.4 Å². The summed E-state index contributed by atoms with van der Waals surface area (Å²) < 4.78 is 5.79. The predicted octanol–water partition coefficient (Wildman–Crippen LogP) is 1.25. The van der Waals surface area contributed by atoms with Gasteiger partial charge in [-0.25, -0.2) is 0 Å². The molecule has 6 aliphatic rings. The summed E-state index contributed by atoms with van der Waals surface area (Å²) in [6.45, 7) is 6.74. The van der Waals surface area contributed by atoms with Gasteiger partial charge < -0.3 is 20.1 Å². The molecule has 5 nitrogen and oxygen atoms in total. The third-order valence-electron chi connectivity index (χ3n) is 10.7. The first-order chi connectivity index (χ1) is 12.8. The first-order valence-electron chi connectivity index (χ1n) is 11.2. The average Bonchev–Trinajstić information content (AvgIpc) is 3.07. The minimum atomic E-state index is -0.858. The lowest BCUT2D eigenvalue weighted by molar-refractivity contribution is -0.266. The number of methoxy groups -OCH3 is 1. The second-order valence-electron chi connectivity index (χ2n) is 11.1. The Hall–Kier alpha value is -0.200. The van der Waals surface area contributed by atoms with Crippen molar-refractivity contribution in [3.63, 3.8) is 0 Å². The van der Waals surface area contributed by atoms with Crippen molar-refractivity contribution in [3.05, 3.63) is 0 Å². The Morgan fingerprint density at radius 3 is 2.67 bits per heavy atom. The van der Waals surface area contributed by atoms with Crippen molar-refractivity contribution < 1.29 is 20.1 Å². The molecule has 6 rings (SSSR count). The number of piperidine rings is 1. The van der Waals surface area contributed by atoms with E-state index in [1.54, 1.807) is 7.11 Å². The first kappa shape index (κ1) is 17.6. The molecular formula is C22H35NO4. The van der Waals surface area contributed by atoms with Gasteiger partial charge in [0.15, 0.2) is 0 Å². The molecule has 5 aliphatic carbocycles. The molecule has 12 atom stereocenters. The summed E-state index contributed by atoms with van der Waals surface area (Å²) in [6, 6.07) is 0.253. The number of rotatable bonds is 2. The normalized spacial score (nSPS) is 66.2. The minimum Gasteiger partial charge on any atom is -0.392 e. The van der Waals surface area contributed by atoms with Crippen LogP contribution in [0.5, 0.6) is 0 Å². The Morgan fingerprint density at radius 1 is 1.19 bits per heavy atom. The van der Waals surface area contributed by atoms with Gasteiger partial charge in [-0.15, -0.1) is 0 Å². The first-order valence-corrected chi connectivity index (χ1v) is 11.2. The van der Waals surface area contributed by atoms with Crippen molar-refractivity contribution in [2.45, 2.75) is 75.9 Å². The lowest BCUT2D eigenvalue weighted by Gasteiger charge is -2.68. The highest BCUT2D eigenvalue weighted by Crippen LogP contribution is 2.78. The zero-order chi connectivity index (χ0) is 18.9. The molecule has 5 saturated carbocycles. The summed E-state index contributed by atoms with van der Waals surface area (Å²) >= 11 is 0. The van der Waals surface area contributed by atoms with Crippen LogP contribution in [0.2, 0.25) is 0 Å². The predicted molar refractivity (Wildman–Crippen MR) is 99.9 cm³/mol. The second-order valence-corrected chi connectivity index (χ2v) is 11.1. The Bertz CT molecular complexity index is 673. The molecule has 1 heterocycles. The fraction of sp³-hybridized carbons (Fsp3) is 1.00. The quantitative estimate of drug-likeness (QED) is 0.676. The number of nitrogens with zero attached hydrogens (tertiary/aromatic N) is 1. The number of likely N-dealkylation sites (tertiary alicyclic amines) is 1. The van der Waals surface area contributed by atoms with Crippen molar-refractivity contribution in [1.29, 1.82) is 0 Å². The molecule has 0 aromatic rings. The van der Waals surface area contributed by atoms with Gasteiger partial charge in [0.2, 0.25) is 0 Å². The highest BCUT2D eigenvalue weighted by Gasteiger charge is 2.82. The topological polar surface area (TPSA) is 73.2 Å². The van der Waals surface area contributed by atoms with Crippen molar-refractivity contribution in [1.82, 2.24) is 4.90 Å². The molecule has 7 bridgehead atoms. The molecule has 0 radical (unpaired) electrons. The zero-order valence-corrected chi connectivity index (χ0v) is 16.8. The van der Waals surface area contributed by atoms with Crippen LogP contribution >= 0.6 is 0 Å². The van der Waals surface area contributed by atoms with Crippen molar-refractivity contribution in [2.75, 3.05) is 20.2 Å². The SMILES string of the molecule is CCN1C[C@]2(C)CC[C@@H](O)[C@]34[C@@H]5C[C@@H]6[C@@H](O)[C@@H]5[C@](O)(C[C@@H]6OC)[C@H](C[C@@H]23)[C@H]14. The maximum absolute atomic E-state index is 12.1. The fourth-order valence-electron chi connectivity index (χ4n) is 10.1. The van der Waals surface area contributed by atoms with Crippen LogP contribution < -0.4 is 0 Å². The third-order valence-corrected chi connectivity index (χ3v) is 10.7. The molecular weight excluding hydrogens is 342 g/mol. The maximum atomic E-state index is 12.1. The van der Waals surface area contributed by atoms with Crippen LogP contribution in [0.3, 0.4) is 0 Å². The molecule has 1 spiro atoms. The molecule has 1 saturated heterocycles. The Balaban J connectivity index is 1.59. The van der Waals surface area contributed by atoms with Crippen LogP contribution in [-0.2, 0) is 4.74 Å². The van der Waals surface area contributed by atoms with Gasteiger partial charge in [0, 0.05) is 49.3 Å². The van der Waals surface area contributed by atoms with Crippen LogP contribution in [0.1, 0.15) is 46.0 Å². The minimum absolute atomic E-state index is 0.0657. The Morgan fingerprint density at radius 2 is 1.96 bits per heavy atom. The molecule has 0 aromatic carbocycles. The fourth-order valence-corrected chi connectivity index (χ4v) is 10.1. The van der Waals surface area contributed by atoms with Crippen LogP contribution in [-0.4, -0.2) is 70.4 Å². The van der Waals surface area contributed by atoms with E-state index in [1.807, 2.05) is 0 Å². The summed E-state index contributed by atoms with van der Waals surface area (Å²) in [4.78, 5) is 2.60. The van der Waals surface area contributed by atoms with E-state index in [-0.39, 0.29) is 52.8 Å². The van der Waals surface area contributed by atoms with Crippen LogP contribution in [0.25, 0.3) is 0 Å². The molecule has 0 aromatic heterocycles. The lowest BCUT2D eigenvalue weighted by atomic mass is 9.43. The van der Waals surface area contributed by atoms with Crippen LogP contribution in [0.15, 0.2) is 0 Å². The van der Waals surface area contributed by atoms with E-state index in [4.69, 9.17) is 4.74 Å². The lowest BCUT2D eigenvalue weighted by Crippen LogP contribution is -2.75. The molecule has 0 unspecified atom stereocenters. The number of aliphatic hydroxyl groups is 3. The molecule has 6 fully saturated rings. The number of ether oxygens (including phenoxy) is 1. The van der Waals surface area contributed by atoms with Gasteiger partial charge in [0.1, 0.15) is 0 Å². The zero-order valence-electron chi connectivity index (χ0n) is 16.8. The van der Waals surface area contributed by atoms with Gasteiger partial charge in [-0.2, -0.15) is 0 Å². The van der Waals surface area contributed by atoms with E-state index in [1.165, 1.54) is 0 Å². The second kappa shape index (κ2) is 5.10. The highest BCUT2D eigenvalue weighted by atomic mass is 16.5. The van der Waals surface area contributed by atoms with E-state index >= 15 is 0 Å². The molecule has 1 aliphatic heterocycles. The monoisotopic (exact) mass is 377 g/mol. The summed E-state index contributed by atoms with van der Waals surface area (Å²) in [5, 5.41) is 34.9. The summed E-state index contributed by atoms with van der Waals surface area (Å²) in [5.41, 5.74) is -0.788. The molecule has 0 amide bonds. The summed E-state index contributed by atoms with van der Waals surface area (Å²) in [5.74, 6) is 0.840. The van der Waals surface area contributed by atoms with E-state index in [0.29, 0.717) is 12.3 Å². The van der Waals surface area contributed by atoms with Crippen molar-refractivity contribution in [3.8, 4) is 0 Å². The molecule has 5 heteroatoms. The van der Waals surface area contributed by atoms with E-state index < -0.39 is 11.7 Å². The number of fused-ring (bicyclic) bond motifs is 2. The van der Waals surface area contributed by atoms with E-state index in [0.717, 1.165) is 38.8 Å². The smallest absolute Gasteiger partial charge is 0.0771 e. The third kappa shape index (κ3) is 1.66. The largest absolute Gasteiger partial charge is 0.392 e. The molecule has 3 N–H and O–H groups in total. The van der Waals surface area contributed by atoms with E-state index in [2.05, 4.69) is 18.7 Å². The maximum Gasteiger partial charge on any atom is 0.0771 e. The van der Waals surface area contributed by atoms with E-state index in [9.17, 15) is 15.3 Å². The van der Waals surface area contributed by atoms with Crippen molar-refractivity contribution >= 4 is 0 Å². The van der Waals surface area contributed by atoms with Crippen LogP contribution in [0.4, 0.5) is 0 Å². The van der Waals surface area contributed by atoms with Gasteiger partial charge in [-0.05, 0) is 49.5 Å². The highest BCUT2D eigenvalue weighted by molar-refractivity contribution is 5.32. The Kier molecular flexibility index (Phi) is 3.33. The van der Waals surface area contributed by atoms with Gasteiger partial charge in [-0.3, -0.25) is 4.90 Å². The number of hydrogen-bond donors (Lipinski definition) is 3. The number of hydrogen-bond acceptors (Lipinski definition) is 5. The molecule has 152 valence electrons. The van der Waals surface area contributed by atoms with Gasteiger partial charge >= 0.3 is 0 Å². The average molecular weight is 378 g/mol. The summed E-state index contributed by atoms with van der Waals surface area (Å²) in [6.07, 6.45) is 3.66. The Labute approximate surface area is 162 Å². The summed E-state index contributed by atoms with van der Waals surface area (Å²) in [7, 11) is 1.73. The number of aliphatic hydroxyl groups excluding tert-OH is 2. The standard InChI is InChI=1S/C22H35NO4/c1-4-23-10-20(2)6-5-16(24)22-12-7-11-14(27-3)9-21(26,17(12)18(11)25)13(19(22)23)8-15(20)22/h11-19,24-26H,4-10H2,1-3H3/t11-,12+,13+,14-,15-,16+,17+,18+,19-,20-,21-,22-/m0/s1. The van der Waals surface area contributed by atoms with Crippen molar-refractivity contribution in [2.24, 2.45) is 40.4 Å².